The maximum Gasteiger partial charge on any atom is 0.238 e. The smallest absolute Gasteiger partial charge is 0.238 e. The third kappa shape index (κ3) is 5.22. The van der Waals surface area contributed by atoms with Crippen LogP contribution < -0.4 is 24.8 Å². The Bertz CT molecular complexity index is 831. The van der Waals surface area contributed by atoms with Crippen LogP contribution in [-0.4, -0.2) is 33.8 Å². The van der Waals surface area contributed by atoms with Crippen molar-refractivity contribution < 1.29 is 19.0 Å². The summed E-state index contributed by atoms with van der Waals surface area (Å²) in [4.78, 5) is 12.4. The lowest BCUT2D eigenvalue weighted by Crippen LogP contribution is -2.41. The monoisotopic (exact) mass is 426 g/mol. The lowest BCUT2D eigenvalue weighted by atomic mass is 9.94. The molecule has 0 radical (unpaired) electrons. The first-order chi connectivity index (χ1) is 13.2. The quantitative estimate of drug-likeness (QED) is 0.650. The number of carbonyl (C=O) groups is 1. The Labute approximate surface area is 175 Å². The number of rotatable bonds is 8. The van der Waals surface area contributed by atoms with Crippen LogP contribution in [0.5, 0.6) is 17.2 Å². The molecule has 0 fully saturated rings. The fourth-order valence-electron chi connectivity index (χ4n) is 2.65. The molecule has 0 aliphatic carbocycles. The number of hydrogen-bond acceptors (Lipinski definition) is 5. The normalized spacial score (nSPS) is 11.1. The van der Waals surface area contributed by atoms with Crippen LogP contribution in [0.2, 0.25) is 10.0 Å². The average molecular weight is 427 g/mol. The first-order valence-corrected chi connectivity index (χ1v) is 9.27. The third-order valence-electron chi connectivity index (χ3n) is 4.28. The van der Waals surface area contributed by atoms with E-state index in [0.29, 0.717) is 33.0 Å². The predicted octanol–water partition coefficient (Wildman–Crippen LogP) is 4.48. The van der Waals surface area contributed by atoms with Gasteiger partial charge in [0.2, 0.25) is 11.7 Å². The van der Waals surface area contributed by atoms with Gasteiger partial charge in [0.05, 0.1) is 37.9 Å². The summed E-state index contributed by atoms with van der Waals surface area (Å²) in [6.45, 7) is 4.00. The number of ether oxygens (including phenoxy) is 3. The van der Waals surface area contributed by atoms with E-state index in [9.17, 15) is 4.79 Å². The van der Waals surface area contributed by atoms with Gasteiger partial charge in [-0.3, -0.25) is 10.1 Å². The SMILES string of the molecule is COc1cc(NC(=O)CNC(C)(C)c2ccc(Cl)c(Cl)c2)cc(OC)c1OC. The zero-order valence-electron chi connectivity index (χ0n) is 16.5. The summed E-state index contributed by atoms with van der Waals surface area (Å²) < 4.78 is 15.9. The molecule has 2 aromatic carbocycles. The highest BCUT2D eigenvalue weighted by Gasteiger charge is 2.22. The molecule has 8 heteroatoms. The van der Waals surface area contributed by atoms with Crippen LogP contribution in [0, 0.1) is 0 Å². The fraction of sp³-hybridized carbons (Fsp3) is 0.350. The molecule has 152 valence electrons. The van der Waals surface area contributed by atoms with Crippen molar-refractivity contribution in [2.24, 2.45) is 0 Å². The van der Waals surface area contributed by atoms with Gasteiger partial charge in [-0.1, -0.05) is 29.3 Å². The van der Waals surface area contributed by atoms with E-state index in [1.165, 1.54) is 21.3 Å². The molecule has 28 heavy (non-hydrogen) atoms. The third-order valence-corrected chi connectivity index (χ3v) is 5.02. The molecule has 0 aliphatic rings. The fourth-order valence-corrected chi connectivity index (χ4v) is 2.94. The zero-order chi connectivity index (χ0) is 20.9. The van der Waals surface area contributed by atoms with Crippen molar-refractivity contribution in [3.05, 3.63) is 45.9 Å². The number of amides is 1. The summed E-state index contributed by atoms with van der Waals surface area (Å²) >= 11 is 12.1. The molecule has 1 amide bonds. The highest BCUT2D eigenvalue weighted by molar-refractivity contribution is 6.42. The number of anilines is 1. The molecule has 0 atom stereocenters. The first kappa shape index (κ1) is 22.1. The van der Waals surface area contributed by atoms with E-state index in [1.807, 2.05) is 19.9 Å². The maximum atomic E-state index is 12.4. The lowest BCUT2D eigenvalue weighted by Gasteiger charge is -2.27. The molecule has 0 aromatic heterocycles. The van der Waals surface area contributed by atoms with Crippen molar-refractivity contribution in [2.75, 3.05) is 33.2 Å². The Morgan fingerprint density at radius 3 is 2.07 bits per heavy atom. The second-order valence-corrected chi connectivity index (χ2v) is 7.38. The van der Waals surface area contributed by atoms with E-state index in [1.54, 1.807) is 24.3 Å². The minimum atomic E-state index is -0.485. The van der Waals surface area contributed by atoms with E-state index < -0.39 is 5.54 Å². The number of methoxy groups -OCH3 is 3. The van der Waals surface area contributed by atoms with Crippen LogP contribution in [0.1, 0.15) is 19.4 Å². The molecule has 2 rings (SSSR count). The average Bonchev–Trinajstić information content (AvgIpc) is 2.67. The van der Waals surface area contributed by atoms with Crippen LogP contribution in [0.15, 0.2) is 30.3 Å². The van der Waals surface area contributed by atoms with E-state index in [-0.39, 0.29) is 12.5 Å². The Balaban J connectivity index is 2.08. The zero-order valence-corrected chi connectivity index (χ0v) is 18.0. The van der Waals surface area contributed by atoms with Gasteiger partial charge in [-0.05, 0) is 31.5 Å². The van der Waals surface area contributed by atoms with Gasteiger partial charge in [-0.15, -0.1) is 0 Å². The number of carbonyl (C=O) groups excluding carboxylic acids is 1. The second kappa shape index (κ2) is 9.37. The molecule has 0 saturated carbocycles. The molecule has 0 aliphatic heterocycles. The van der Waals surface area contributed by atoms with Crippen LogP contribution in [0.3, 0.4) is 0 Å². The first-order valence-electron chi connectivity index (χ1n) is 8.52. The van der Waals surface area contributed by atoms with Gasteiger partial charge in [0, 0.05) is 23.4 Å². The van der Waals surface area contributed by atoms with Crippen LogP contribution in [0.4, 0.5) is 5.69 Å². The van der Waals surface area contributed by atoms with E-state index >= 15 is 0 Å². The van der Waals surface area contributed by atoms with Crippen molar-refractivity contribution in [3.8, 4) is 17.2 Å². The summed E-state index contributed by atoms with van der Waals surface area (Å²) in [5.74, 6) is 1.16. The van der Waals surface area contributed by atoms with Gasteiger partial charge in [-0.25, -0.2) is 0 Å². The number of nitrogens with one attached hydrogen (secondary N) is 2. The van der Waals surface area contributed by atoms with Crippen LogP contribution in [0.25, 0.3) is 0 Å². The molecule has 0 heterocycles. The van der Waals surface area contributed by atoms with Gasteiger partial charge < -0.3 is 19.5 Å². The minimum Gasteiger partial charge on any atom is -0.493 e. The van der Waals surface area contributed by atoms with Gasteiger partial charge in [-0.2, -0.15) is 0 Å². The van der Waals surface area contributed by atoms with Gasteiger partial charge >= 0.3 is 0 Å². The molecular weight excluding hydrogens is 403 g/mol. The van der Waals surface area contributed by atoms with Crippen molar-refractivity contribution in [3.63, 3.8) is 0 Å². The van der Waals surface area contributed by atoms with Crippen LogP contribution >= 0.6 is 23.2 Å². The van der Waals surface area contributed by atoms with Gasteiger partial charge in [0.1, 0.15) is 0 Å². The second-order valence-electron chi connectivity index (χ2n) is 6.57. The van der Waals surface area contributed by atoms with Gasteiger partial charge in [0.15, 0.2) is 11.5 Å². The molecule has 0 unspecified atom stereocenters. The van der Waals surface area contributed by atoms with E-state index in [0.717, 1.165) is 5.56 Å². The summed E-state index contributed by atoms with van der Waals surface area (Å²) in [7, 11) is 4.56. The molecule has 6 nitrogen and oxygen atoms in total. The van der Waals surface area contributed by atoms with Crippen molar-refractivity contribution in [1.29, 1.82) is 0 Å². The van der Waals surface area contributed by atoms with Gasteiger partial charge in [0.25, 0.3) is 0 Å². The molecule has 2 aromatic rings. The highest BCUT2D eigenvalue weighted by atomic mass is 35.5. The van der Waals surface area contributed by atoms with Crippen molar-refractivity contribution in [2.45, 2.75) is 19.4 Å². The van der Waals surface area contributed by atoms with Crippen LogP contribution in [-0.2, 0) is 10.3 Å². The summed E-state index contributed by atoms with van der Waals surface area (Å²) in [6.07, 6.45) is 0. The summed E-state index contributed by atoms with van der Waals surface area (Å²) in [5, 5.41) is 7.00. The Morgan fingerprint density at radius 2 is 1.57 bits per heavy atom. The highest BCUT2D eigenvalue weighted by Crippen LogP contribution is 2.39. The maximum absolute atomic E-state index is 12.4. The molecule has 2 N–H and O–H groups in total. The molecule has 0 bridgehead atoms. The number of benzene rings is 2. The largest absolute Gasteiger partial charge is 0.493 e. The van der Waals surface area contributed by atoms with E-state index in [2.05, 4.69) is 10.6 Å². The van der Waals surface area contributed by atoms with Crippen molar-refractivity contribution in [1.82, 2.24) is 5.32 Å². The number of hydrogen-bond donors (Lipinski definition) is 2. The van der Waals surface area contributed by atoms with E-state index in [4.69, 9.17) is 37.4 Å². The minimum absolute atomic E-state index is 0.0872. The number of halogens is 2. The molecule has 0 spiro atoms. The Hall–Kier alpha value is -2.15. The van der Waals surface area contributed by atoms with Crippen molar-refractivity contribution >= 4 is 34.8 Å². The summed E-state index contributed by atoms with van der Waals surface area (Å²) in [6, 6.07) is 8.73. The molecular formula is C20H24Cl2N2O4. The molecule has 0 saturated heterocycles. The lowest BCUT2D eigenvalue weighted by molar-refractivity contribution is -0.115. The topological polar surface area (TPSA) is 68.8 Å². The Morgan fingerprint density at radius 1 is 0.964 bits per heavy atom. The Kier molecular flexibility index (Phi) is 7.41. The summed E-state index contributed by atoms with van der Waals surface area (Å²) in [5.41, 5.74) is 0.969. The standard InChI is InChI=1S/C20H24Cl2N2O4/c1-20(2,12-6-7-14(21)15(22)8-12)23-11-18(25)24-13-9-16(26-3)19(28-5)17(10-13)27-4/h6-10,23H,11H2,1-5H3,(H,24,25). The predicted molar refractivity (Wildman–Crippen MR) is 112 cm³/mol.